The van der Waals surface area contributed by atoms with Gasteiger partial charge >= 0.3 is 5.97 Å². The summed E-state index contributed by atoms with van der Waals surface area (Å²) in [5.41, 5.74) is 3.77. The molecule has 20 unspecified atom stereocenters. The van der Waals surface area contributed by atoms with Gasteiger partial charge in [0.15, 0.2) is 6.29 Å². The first-order chi connectivity index (χ1) is 31.3. The molecule has 8 aliphatic rings. The molecule has 1 aromatic heterocycles. The summed E-state index contributed by atoms with van der Waals surface area (Å²) < 4.78 is 12.5. The normalized spacial score (nSPS) is 50.2. The van der Waals surface area contributed by atoms with Gasteiger partial charge in [0.05, 0.1) is 49.7 Å². The maximum absolute atomic E-state index is 14.1. The predicted molar refractivity (Wildman–Crippen MR) is 240 cm³/mol. The van der Waals surface area contributed by atoms with Gasteiger partial charge in [-0.15, -0.1) is 0 Å². The van der Waals surface area contributed by atoms with E-state index >= 15 is 0 Å². The summed E-state index contributed by atoms with van der Waals surface area (Å²) >= 11 is 0. The number of allylic oxidation sites excluding steroid dienone is 2. The fourth-order valence-electron chi connectivity index (χ4n) is 17.8. The van der Waals surface area contributed by atoms with Gasteiger partial charge in [0.1, 0.15) is 18.3 Å². The van der Waals surface area contributed by atoms with Crippen LogP contribution in [0.5, 0.6) is 0 Å². The summed E-state index contributed by atoms with van der Waals surface area (Å²) in [6.45, 7) is 8.12. The Labute approximate surface area is 388 Å². The van der Waals surface area contributed by atoms with Gasteiger partial charge in [-0.2, -0.15) is 0 Å². The number of aliphatic hydroxyl groups is 7. The number of hydrogen-bond acceptors (Lipinski definition) is 13. The van der Waals surface area contributed by atoms with Crippen molar-refractivity contribution in [3.05, 3.63) is 29.9 Å². The maximum Gasteiger partial charge on any atom is 0.310 e. The molecule has 1 spiro atoms. The van der Waals surface area contributed by atoms with Crippen molar-refractivity contribution in [2.24, 2.45) is 73.2 Å². The number of carbonyl (C=O) groups excluding carboxylic acids is 1. The van der Waals surface area contributed by atoms with Gasteiger partial charge in [-0.25, -0.2) is 4.98 Å². The Balaban J connectivity index is 1.21. The van der Waals surface area contributed by atoms with E-state index in [1.54, 1.807) is 12.5 Å². The molecule has 20 atom stereocenters. The average molecular weight is 927 g/mol. The first kappa shape index (κ1) is 48.5. The lowest BCUT2D eigenvalue weighted by Crippen LogP contribution is -2.77. The molecule has 12 N–H and O–H groups in total. The zero-order valence-electron chi connectivity index (χ0n) is 39.4. The van der Waals surface area contributed by atoms with Crippen molar-refractivity contribution in [3.63, 3.8) is 0 Å². The lowest BCUT2D eigenvalue weighted by atomic mass is 9.24. The number of aromatic nitrogens is 2. The molecule has 66 heavy (non-hydrogen) atoms. The van der Waals surface area contributed by atoms with Gasteiger partial charge in [0.25, 0.3) is 0 Å². The lowest BCUT2D eigenvalue weighted by molar-refractivity contribution is -0.358. The summed E-state index contributed by atoms with van der Waals surface area (Å²) in [4.78, 5) is 35.3. The average Bonchev–Trinajstić information content (AvgIpc) is 3.94. The van der Waals surface area contributed by atoms with Crippen LogP contribution < -0.4 is 11.1 Å². The molecule has 2 bridgehead atoms. The van der Waals surface area contributed by atoms with Crippen LogP contribution in [0.4, 0.5) is 0 Å². The Hall–Kier alpha value is -2.51. The number of carbonyl (C=O) groups is 2. The number of carboxylic acid groups (broad SMARTS) is 1. The van der Waals surface area contributed by atoms with Crippen molar-refractivity contribution in [2.45, 2.75) is 166 Å². The molecular formula is C50H78N4O12. The Kier molecular flexibility index (Phi) is 12.6. The highest BCUT2D eigenvalue weighted by Crippen LogP contribution is 2.85. The van der Waals surface area contributed by atoms with Crippen LogP contribution in [0.3, 0.4) is 0 Å². The van der Waals surface area contributed by atoms with E-state index in [0.717, 1.165) is 37.8 Å². The van der Waals surface area contributed by atoms with E-state index in [1.165, 1.54) is 5.57 Å². The maximum atomic E-state index is 14.1. The fraction of sp³-hybridized carbons (Fsp3) is 0.860. The van der Waals surface area contributed by atoms with Crippen LogP contribution >= 0.6 is 0 Å². The van der Waals surface area contributed by atoms with Crippen LogP contribution in [0.1, 0.15) is 129 Å². The molecule has 370 valence electrons. The fourth-order valence-corrected chi connectivity index (χ4v) is 17.8. The van der Waals surface area contributed by atoms with E-state index in [4.69, 9.17) is 15.2 Å². The molecular weight excluding hydrogens is 849 g/mol. The van der Waals surface area contributed by atoms with Gasteiger partial charge in [0.2, 0.25) is 5.91 Å². The van der Waals surface area contributed by atoms with E-state index in [0.29, 0.717) is 64.3 Å². The molecule has 5 saturated carbocycles. The standard InChI is InChI=1S/C50H78N4O12/c1-44(24-56)14-15-48(43(63)64)16-17-49-10-6-11-50(13-8-30(49)32(48)20-44)46(49,3)12-9-35-45(2,25-57)40(66-42-39(61)38(60)34(58)23-65-42)37(59)31(47(35,50)4)19-28-29(22-55)41(62)54-36(28)27(7-5-18-51)33-21-52-26-53-33/h8,21,26-29,31-32,34-40,42,55-61H,5-7,9-20,22-25,51H2,1-4H3,(H,52,53)(H,54,62)(H,63,64). The quantitative estimate of drug-likeness (QED) is 0.100. The van der Waals surface area contributed by atoms with Crippen LogP contribution in [-0.4, -0.2) is 139 Å². The number of hydrogen-bond donors (Lipinski definition) is 11. The molecule has 9 rings (SSSR count). The Morgan fingerprint density at radius 2 is 1.74 bits per heavy atom. The Morgan fingerprint density at radius 1 is 0.985 bits per heavy atom. The molecule has 0 radical (unpaired) electrons. The highest BCUT2D eigenvalue weighted by atomic mass is 16.7. The topological polar surface area (TPSA) is 281 Å². The van der Waals surface area contributed by atoms with Crippen LogP contribution in [0, 0.1) is 67.5 Å². The number of nitrogens with zero attached hydrogens (tertiary/aromatic N) is 1. The van der Waals surface area contributed by atoms with Gasteiger partial charge in [-0.05, 0) is 141 Å². The van der Waals surface area contributed by atoms with E-state index in [1.807, 2.05) is 6.92 Å². The van der Waals surface area contributed by atoms with Crippen molar-refractivity contribution < 1.29 is 59.9 Å². The minimum Gasteiger partial charge on any atom is -0.481 e. The number of aliphatic carboxylic acids is 1. The number of carboxylic acids is 1. The second-order valence-electron chi connectivity index (χ2n) is 23.6. The van der Waals surface area contributed by atoms with Crippen LogP contribution in [0.2, 0.25) is 0 Å². The van der Waals surface area contributed by atoms with Gasteiger partial charge < -0.3 is 66.4 Å². The number of ether oxygens (including phenoxy) is 2. The zero-order valence-corrected chi connectivity index (χ0v) is 39.4. The zero-order chi connectivity index (χ0) is 47.4. The lowest BCUT2D eigenvalue weighted by Gasteiger charge is -2.80. The minimum atomic E-state index is -1.64. The van der Waals surface area contributed by atoms with Crippen molar-refractivity contribution in [3.8, 4) is 0 Å². The number of aliphatic hydroxyl groups excluding tert-OH is 7. The van der Waals surface area contributed by atoms with Crippen molar-refractivity contribution in [1.82, 2.24) is 15.3 Å². The number of rotatable bonds is 13. The third kappa shape index (κ3) is 6.54. The number of nitrogens with two attached hydrogens (primary N) is 1. The molecule has 7 fully saturated rings. The predicted octanol–water partition coefficient (Wildman–Crippen LogP) is 2.73. The first-order valence-electron chi connectivity index (χ1n) is 25.1. The summed E-state index contributed by atoms with van der Waals surface area (Å²) in [6, 6.07) is -0.459. The molecule has 0 aromatic carbocycles. The third-order valence-corrected chi connectivity index (χ3v) is 21.4. The number of amides is 1. The van der Waals surface area contributed by atoms with E-state index in [-0.39, 0.29) is 54.3 Å². The highest BCUT2D eigenvalue weighted by Gasteiger charge is 2.80. The number of fused-ring (bicyclic) bond motifs is 3. The molecule has 1 amide bonds. The van der Waals surface area contributed by atoms with Gasteiger partial charge in [-0.3, -0.25) is 9.59 Å². The van der Waals surface area contributed by atoms with E-state index < -0.39 is 100 Å². The van der Waals surface area contributed by atoms with Crippen molar-refractivity contribution in [1.29, 1.82) is 0 Å². The number of nitrogens with one attached hydrogen (secondary N) is 2. The Morgan fingerprint density at radius 3 is 2.41 bits per heavy atom. The van der Waals surface area contributed by atoms with Crippen LogP contribution in [-0.2, 0) is 19.1 Å². The minimum absolute atomic E-state index is 0.00669. The molecule has 2 aliphatic heterocycles. The van der Waals surface area contributed by atoms with Gasteiger partial charge in [-0.1, -0.05) is 45.8 Å². The molecule has 1 aromatic rings. The van der Waals surface area contributed by atoms with Crippen molar-refractivity contribution in [2.75, 3.05) is 33.0 Å². The summed E-state index contributed by atoms with van der Waals surface area (Å²) in [6.07, 6.45) is 6.69. The monoisotopic (exact) mass is 927 g/mol. The smallest absolute Gasteiger partial charge is 0.310 e. The van der Waals surface area contributed by atoms with Gasteiger partial charge in [0, 0.05) is 35.9 Å². The van der Waals surface area contributed by atoms with Crippen molar-refractivity contribution >= 4 is 11.9 Å². The summed E-state index contributed by atoms with van der Waals surface area (Å²) in [5.74, 6) is -3.64. The number of H-pyrrole nitrogens is 1. The number of aromatic amines is 1. The largest absolute Gasteiger partial charge is 0.481 e. The molecule has 16 heteroatoms. The first-order valence-corrected chi connectivity index (χ1v) is 25.1. The van der Waals surface area contributed by atoms with Crippen LogP contribution in [0.25, 0.3) is 0 Å². The molecule has 16 nitrogen and oxygen atoms in total. The van der Waals surface area contributed by atoms with Crippen LogP contribution in [0.15, 0.2) is 24.2 Å². The second-order valence-corrected chi connectivity index (χ2v) is 23.6. The summed E-state index contributed by atoms with van der Waals surface area (Å²) in [5, 5.41) is 94.0. The van der Waals surface area contributed by atoms with E-state index in [9.17, 15) is 50.4 Å². The highest BCUT2D eigenvalue weighted by molar-refractivity contribution is 5.82. The summed E-state index contributed by atoms with van der Waals surface area (Å²) in [7, 11) is 0. The molecule has 3 heterocycles. The Bertz CT molecular complexity index is 2010. The van der Waals surface area contributed by atoms with E-state index in [2.05, 4.69) is 42.1 Å². The SMILES string of the molecule is CC1(CO)CCC2(C(=O)O)CCC34CCCC5(CC=C3C2C1)C1(C)C(CC2C(CO)C(=O)NC2C(CCCN)c2cnc[nH]2)C(O)C(OC2OCC(O)C(O)C2O)C(C)(CO)C1CCC45C. The third-order valence-electron chi connectivity index (χ3n) is 21.4. The second kappa shape index (κ2) is 17.1. The molecule has 6 aliphatic carbocycles. The molecule has 2 saturated heterocycles. The number of imidazole rings is 1.